The van der Waals surface area contributed by atoms with E-state index in [4.69, 9.17) is 9.47 Å². The molecule has 0 radical (unpaired) electrons. The van der Waals surface area contributed by atoms with Crippen LogP contribution in [0.4, 0.5) is 0 Å². The van der Waals surface area contributed by atoms with Gasteiger partial charge < -0.3 is 9.47 Å². The number of hydrogen-bond acceptors (Lipinski definition) is 2. The molecule has 0 amide bonds. The summed E-state index contributed by atoms with van der Waals surface area (Å²) in [4.78, 5) is 0. The number of benzene rings is 2. The standard InChI is InChI=1S/C27H38O2/c1-2-10-23-13-15-24(16-14-23)25-17-19-27(20-18-25)29-22-9-4-3-8-21-28-26-11-6-5-7-12-26/h5-7,11-12,17-20,23-24H,2-4,8-10,13-16,21-22H2,1H3. The third-order valence-electron chi connectivity index (χ3n) is 6.21. The molecule has 0 saturated heterocycles. The van der Waals surface area contributed by atoms with E-state index in [-0.39, 0.29) is 0 Å². The van der Waals surface area contributed by atoms with Gasteiger partial charge in [-0.1, -0.05) is 50.1 Å². The molecule has 1 saturated carbocycles. The molecule has 0 aromatic heterocycles. The molecular weight excluding hydrogens is 356 g/mol. The smallest absolute Gasteiger partial charge is 0.119 e. The number of unbranched alkanes of at least 4 members (excludes halogenated alkanes) is 3. The minimum Gasteiger partial charge on any atom is -0.494 e. The second-order valence-corrected chi connectivity index (χ2v) is 8.50. The highest BCUT2D eigenvalue weighted by atomic mass is 16.5. The van der Waals surface area contributed by atoms with Gasteiger partial charge in [-0.3, -0.25) is 0 Å². The average Bonchev–Trinajstić information content (AvgIpc) is 2.77. The van der Waals surface area contributed by atoms with E-state index in [0.29, 0.717) is 0 Å². The lowest BCUT2D eigenvalue weighted by Gasteiger charge is -2.28. The van der Waals surface area contributed by atoms with Crippen molar-refractivity contribution in [3.05, 3.63) is 60.2 Å². The SMILES string of the molecule is CCCC1CCC(c2ccc(OCCCCCCOc3ccccc3)cc2)CC1. The minimum atomic E-state index is 0.760. The largest absolute Gasteiger partial charge is 0.494 e. The van der Waals surface area contributed by atoms with Gasteiger partial charge in [-0.15, -0.1) is 0 Å². The van der Waals surface area contributed by atoms with E-state index in [1.165, 1.54) is 56.9 Å². The third-order valence-corrected chi connectivity index (χ3v) is 6.21. The van der Waals surface area contributed by atoms with Crippen LogP contribution >= 0.6 is 0 Å². The Bertz CT molecular complexity index is 657. The highest BCUT2D eigenvalue weighted by molar-refractivity contribution is 5.29. The Balaban J connectivity index is 1.24. The van der Waals surface area contributed by atoms with Crippen molar-refractivity contribution >= 4 is 0 Å². The first-order valence-electron chi connectivity index (χ1n) is 11.8. The lowest BCUT2D eigenvalue weighted by molar-refractivity contribution is 0.287. The molecule has 0 unspecified atom stereocenters. The molecule has 0 atom stereocenters. The molecular formula is C27H38O2. The quantitative estimate of drug-likeness (QED) is 0.342. The summed E-state index contributed by atoms with van der Waals surface area (Å²) in [5, 5.41) is 0. The Kier molecular flexibility index (Phi) is 9.42. The normalized spacial score (nSPS) is 19.1. The number of ether oxygens (including phenoxy) is 2. The topological polar surface area (TPSA) is 18.5 Å². The molecule has 29 heavy (non-hydrogen) atoms. The number of rotatable bonds is 12. The Morgan fingerprint density at radius 2 is 1.28 bits per heavy atom. The summed E-state index contributed by atoms with van der Waals surface area (Å²) in [7, 11) is 0. The molecule has 2 nitrogen and oxygen atoms in total. The number of hydrogen-bond donors (Lipinski definition) is 0. The Labute approximate surface area is 177 Å². The Morgan fingerprint density at radius 3 is 1.86 bits per heavy atom. The van der Waals surface area contributed by atoms with E-state index in [1.807, 2.05) is 30.3 Å². The molecule has 0 aliphatic heterocycles. The highest BCUT2D eigenvalue weighted by Gasteiger charge is 2.21. The molecule has 1 aliphatic rings. The molecule has 2 aromatic rings. The van der Waals surface area contributed by atoms with Crippen LogP contribution in [-0.2, 0) is 0 Å². The molecule has 1 aliphatic carbocycles. The van der Waals surface area contributed by atoms with Crippen molar-refractivity contribution in [3.63, 3.8) is 0 Å². The van der Waals surface area contributed by atoms with Gasteiger partial charge in [-0.2, -0.15) is 0 Å². The van der Waals surface area contributed by atoms with Gasteiger partial charge in [0.15, 0.2) is 0 Å². The molecule has 3 rings (SSSR count). The maximum absolute atomic E-state index is 5.94. The summed E-state index contributed by atoms with van der Waals surface area (Å²) in [6.45, 7) is 3.92. The van der Waals surface area contributed by atoms with E-state index in [9.17, 15) is 0 Å². The average molecular weight is 395 g/mol. The van der Waals surface area contributed by atoms with Crippen LogP contribution in [0.3, 0.4) is 0 Å². The number of para-hydroxylation sites is 1. The minimum absolute atomic E-state index is 0.760. The van der Waals surface area contributed by atoms with Gasteiger partial charge in [0.1, 0.15) is 11.5 Å². The zero-order valence-corrected chi connectivity index (χ0v) is 18.2. The second kappa shape index (κ2) is 12.6. The van der Waals surface area contributed by atoms with Gasteiger partial charge in [-0.05, 0) is 93.0 Å². The van der Waals surface area contributed by atoms with Crippen molar-refractivity contribution in [2.24, 2.45) is 5.92 Å². The maximum Gasteiger partial charge on any atom is 0.119 e. The van der Waals surface area contributed by atoms with Gasteiger partial charge >= 0.3 is 0 Å². The molecule has 2 aromatic carbocycles. The fourth-order valence-corrected chi connectivity index (χ4v) is 4.48. The Hall–Kier alpha value is -1.96. The second-order valence-electron chi connectivity index (χ2n) is 8.50. The zero-order chi connectivity index (χ0) is 20.2. The van der Waals surface area contributed by atoms with Gasteiger partial charge in [0.05, 0.1) is 13.2 Å². The maximum atomic E-state index is 5.94. The van der Waals surface area contributed by atoms with Crippen molar-refractivity contribution in [1.82, 2.24) is 0 Å². The van der Waals surface area contributed by atoms with E-state index in [1.54, 1.807) is 0 Å². The first-order chi connectivity index (χ1) is 14.3. The molecule has 0 bridgehead atoms. The van der Waals surface area contributed by atoms with Crippen LogP contribution in [0.5, 0.6) is 11.5 Å². The molecule has 1 fully saturated rings. The lowest BCUT2D eigenvalue weighted by Crippen LogP contribution is -2.13. The van der Waals surface area contributed by atoms with E-state index < -0.39 is 0 Å². The Morgan fingerprint density at radius 1 is 0.690 bits per heavy atom. The van der Waals surface area contributed by atoms with Crippen molar-refractivity contribution < 1.29 is 9.47 Å². The van der Waals surface area contributed by atoms with Crippen molar-refractivity contribution in [3.8, 4) is 11.5 Å². The van der Waals surface area contributed by atoms with Crippen LogP contribution < -0.4 is 9.47 Å². The van der Waals surface area contributed by atoms with Gasteiger partial charge in [-0.25, -0.2) is 0 Å². The lowest BCUT2D eigenvalue weighted by atomic mass is 9.77. The van der Waals surface area contributed by atoms with Gasteiger partial charge in [0, 0.05) is 0 Å². The van der Waals surface area contributed by atoms with Crippen LogP contribution in [0, 0.1) is 5.92 Å². The summed E-state index contributed by atoms with van der Waals surface area (Å²) in [5.41, 5.74) is 1.51. The monoisotopic (exact) mass is 394 g/mol. The van der Waals surface area contributed by atoms with Gasteiger partial charge in [0.2, 0.25) is 0 Å². The fraction of sp³-hybridized carbons (Fsp3) is 0.556. The van der Waals surface area contributed by atoms with Crippen LogP contribution in [0.2, 0.25) is 0 Å². The molecule has 0 N–H and O–H groups in total. The highest BCUT2D eigenvalue weighted by Crippen LogP contribution is 2.37. The first-order valence-corrected chi connectivity index (χ1v) is 11.8. The van der Waals surface area contributed by atoms with Crippen LogP contribution in [0.25, 0.3) is 0 Å². The first kappa shape index (κ1) is 21.7. The molecule has 0 heterocycles. The molecule has 158 valence electrons. The third kappa shape index (κ3) is 7.76. The van der Waals surface area contributed by atoms with Crippen molar-refractivity contribution in [2.75, 3.05) is 13.2 Å². The predicted octanol–water partition coefficient (Wildman–Crippen LogP) is 7.78. The van der Waals surface area contributed by atoms with E-state index in [2.05, 4.69) is 31.2 Å². The summed E-state index contributed by atoms with van der Waals surface area (Å²) in [5.74, 6) is 3.72. The summed E-state index contributed by atoms with van der Waals surface area (Å²) < 4.78 is 11.7. The van der Waals surface area contributed by atoms with Crippen LogP contribution in [0.1, 0.15) is 82.6 Å². The summed E-state index contributed by atoms with van der Waals surface area (Å²) >= 11 is 0. The predicted molar refractivity (Wildman–Crippen MR) is 122 cm³/mol. The summed E-state index contributed by atoms with van der Waals surface area (Å²) in [6, 6.07) is 19.0. The summed E-state index contributed by atoms with van der Waals surface area (Å²) in [6.07, 6.45) is 12.9. The fourth-order valence-electron chi connectivity index (χ4n) is 4.48. The van der Waals surface area contributed by atoms with E-state index >= 15 is 0 Å². The van der Waals surface area contributed by atoms with Crippen molar-refractivity contribution in [1.29, 1.82) is 0 Å². The van der Waals surface area contributed by atoms with Crippen molar-refractivity contribution in [2.45, 2.75) is 77.0 Å². The van der Waals surface area contributed by atoms with Crippen LogP contribution in [-0.4, -0.2) is 13.2 Å². The molecule has 2 heteroatoms. The van der Waals surface area contributed by atoms with Gasteiger partial charge in [0.25, 0.3) is 0 Å². The van der Waals surface area contributed by atoms with Crippen LogP contribution in [0.15, 0.2) is 54.6 Å². The molecule has 0 spiro atoms. The zero-order valence-electron chi connectivity index (χ0n) is 18.2. The van der Waals surface area contributed by atoms with E-state index in [0.717, 1.165) is 49.4 Å².